The van der Waals surface area contributed by atoms with E-state index in [0.29, 0.717) is 63.7 Å². The van der Waals surface area contributed by atoms with E-state index in [-0.39, 0.29) is 56.8 Å². The first kappa shape index (κ1) is 92.9. The maximum Gasteiger partial charge on any atom is 0.449 e. The van der Waals surface area contributed by atoms with E-state index >= 15 is 0 Å². The third-order valence-electron chi connectivity index (χ3n) is 23.2. The summed E-state index contributed by atoms with van der Waals surface area (Å²) < 4.78 is 333. The Morgan fingerprint density at radius 1 is 0.364 bits per heavy atom. The summed E-state index contributed by atoms with van der Waals surface area (Å²) in [6, 6.07) is 0. The molecule has 0 aromatic carbocycles. The SMILES string of the molecule is CC(C)(C1CCC(C(C)(O)C(F)(F)F)CC1)C(F)(F)F.CC1(C)COC(O)(C(F)(F)F)C1(F)F.CC1CC(C(C)(O)C(F)(F)F)CC(C(C)(O)C(F)(F)F)C1.CC1CC2CC1CC2CC(C)(O)C(F)(F)F.CC1CCC(C(C)(O)C(F)(F)F)CC1.CC1CCCCC1C(C)(O)C(F)(F)F. The third-order valence-corrected chi connectivity index (χ3v) is 23.2. The lowest BCUT2D eigenvalue weighted by Crippen LogP contribution is -2.59. The lowest BCUT2D eigenvalue weighted by atomic mass is 9.65. The number of ether oxygens (including phenoxy) is 1. The fraction of sp³-hybridized carbons (Fsp3) is 1.00. The summed E-state index contributed by atoms with van der Waals surface area (Å²) in [7, 11) is 0. The van der Waals surface area contributed by atoms with Crippen molar-refractivity contribution in [3.05, 3.63) is 0 Å². The molecule has 99 heavy (non-hydrogen) atoms. The largest absolute Gasteiger partial charge is 0.449 e. The second kappa shape index (κ2) is 31.4. The van der Waals surface area contributed by atoms with Crippen molar-refractivity contribution >= 4 is 0 Å². The number of rotatable bonds is 8. The first-order valence-electron chi connectivity index (χ1n) is 33.1. The Bertz CT molecular complexity index is 2400. The monoisotopic (exact) mass is 1500 g/mol. The first-order valence-corrected chi connectivity index (χ1v) is 33.1. The second-order valence-electron chi connectivity index (χ2n) is 31.9. The lowest BCUT2D eigenvalue weighted by Gasteiger charge is -2.46. The van der Waals surface area contributed by atoms with E-state index in [1.54, 1.807) is 6.92 Å². The summed E-state index contributed by atoms with van der Waals surface area (Å²) >= 11 is 0. The standard InChI is InChI=1S/C13H20F6O2.C13H20F6O.C12H19F3O.2C10H17F3O.C7H9F5O2/c1-7-4-8(10(2,20)12(14,15)16)6-9(5-7)11(3,21)13(17,18)19;1-10(2,12(14,15)16)8-4-6-9(7-5-8)11(3,20)13(17,18)19;1-7-3-9-4-8(7)5-10(9)6-11(2,16)12(13,14)15;1-7-3-5-8(6-4-7)9(2,14)10(11,12)13;1-7-5-3-4-6-8(7)9(2,14)10(11,12)13;1-4(2)3-14-6(13,5(4,8)9)7(10,11)12/h7-9,20-21H,4-6H2,1-3H3;8-9,20H,4-7H2,1-3H3;7-10,16H,3-6H2,1-2H3;2*7-8,14H,3-6H2,1-2H3;13H,3H2,1-2H3. The molecular formula is C65H102F26O8. The van der Waals surface area contributed by atoms with Gasteiger partial charge in [-0.15, -0.1) is 0 Å². The first-order chi connectivity index (χ1) is 43.5. The van der Waals surface area contributed by atoms with Crippen LogP contribution in [0.25, 0.3) is 0 Å². The zero-order valence-corrected chi connectivity index (χ0v) is 58.0. The molecule has 34 heteroatoms. The zero-order valence-electron chi connectivity index (χ0n) is 58.0. The van der Waals surface area contributed by atoms with Gasteiger partial charge in [0, 0.05) is 0 Å². The Balaban J connectivity index is 0.000000407. The molecule has 8 nitrogen and oxygen atoms in total. The molecule has 6 aliphatic carbocycles. The van der Waals surface area contributed by atoms with Crippen LogP contribution in [0.4, 0.5) is 114 Å². The van der Waals surface area contributed by atoms with E-state index in [1.807, 2.05) is 6.92 Å². The van der Waals surface area contributed by atoms with Crippen LogP contribution in [0, 0.1) is 87.8 Å². The van der Waals surface area contributed by atoms with Crippen LogP contribution < -0.4 is 0 Å². The van der Waals surface area contributed by atoms with Crippen LogP contribution in [0.3, 0.4) is 0 Å². The number of hydrogen-bond donors (Lipinski definition) is 7. The van der Waals surface area contributed by atoms with Crippen LogP contribution in [0.5, 0.6) is 0 Å². The topological polar surface area (TPSA) is 151 Å². The van der Waals surface area contributed by atoms with Crippen LogP contribution in [-0.2, 0) is 4.74 Å². The van der Waals surface area contributed by atoms with Gasteiger partial charge in [-0.25, -0.2) is 0 Å². The van der Waals surface area contributed by atoms with Crippen LogP contribution >= 0.6 is 0 Å². The highest BCUT2D eigenvalue weighted by Gasteiger charge is 2.79. The van der Waals surface area contributed by atoms with Crippen molar-refractivity contribution in [3.63, 3.8) is 0 Å². The highest BCUT2D eigenvalue weighted by Crippen LogP contribution is 2.59. The van der Waals surface area contributed by atoms with Crippen molar-refractivity contribution in [2.24, 2.45) is 87.8 Å². The minimum Gasteiger partial charge on any atom is -0.381 e. The summed E-state index contributed by atoms with van der Waals surface area (Å²) in [5, 5.41) is 66.2. The Morgan fingerprint density at radius 2 is 0.717 bits per heavy atom. The molecular weight excluding hydrogens is 1400 g/mol. The molecule has 15 atom stereocenters. The fourth-order valence-electron chi connectivity index (χ4n) is 15.0. The number of halogens is 26. The van der Waals surface area contributed by atoms with Gasteiger partial charge < -0.3 is 40.5 Å². The number of hydrogen-bond acceptors (Lipinski definition) is 8. The van der Waals surface area contributed by atoms with Gasteiger partial charge in [0.25, 0.3) is 0 Å². The van der Waals surface area contributed by atoms with Crippen molar-refractivity contribution in [2.75, 3.05) is 6.61 Å². The Hall–Kier alpha value is -2.14. The molecule has 7 N–H and O–H groups in total. The molecule has 1 heterocycles. The summed E-state index contributed by atoms with van der Waals surface area (Å²) in [5.41, 5.74) is -20.5. The molecule has 15 unspecified atom stereocenters. The summed E-state index contributed by atoms with van der Waals surface area (Å²) in [6.45, 7) is 15.2. The Morgan fingerprint density at radius 3 is 1.00 bits per heavy atom. The molecule has 0 amide bonds. The van der Waals surface area contributed by atoms with Gasteiger partial charge in [0.1, 0.15) is 0 Å². The lowest BCUT2D eigenvalue weighted by molar-refractivity contribution is -0.407. The smallest absolute Gasteiger partial charge is 0.381 e. The van der Waals surface area contributed by atoms with E-state index in [4.69, 9.17) is 5.11 Å². The van der Waals surface area contributed by atoms with Crippen molar-refractivity contribution < 1.29 is 155 Å². The molecule has 1 saturated heterocycles. The van der Waals surface area contributed by atoms with Crippen LogP contribution in [0.2, 0.25) is 0 Å². The normalized spacial score (nSPS) is 34.6. The van der Waals surface area contributed by atoms with Crippen LogP contribution in [0.1, 0.15) is 219 Å². The van der Waals surface area contributed by atoms with Gasteiger partial charge in [-0.3, -0.25) is 0 Å². The van der Waals surface area contributed by atoms with E-state index in [0.717, 1.165) is 99.8 Å². The van der Waals surface area contributed by atoms with Crippen molar-refractivity contribution in [1.82, 2.24) is 0 Å². The maximum absolute atomic E-state index is 13.2. The minimum absolute atomic E-state index is 0.0308. The summed E-state index contributed by atoms with van der Waals surface area (Å²) in [4.78, 5) is 0. The molecule has 7 rings (SSSR count). The van der Waals surface area contributed by atoms with Crippen molar-refractivity contribution in [2.45, 2.75) is 314 Å². The molecule has 0 aromatic rings. The van der Waals surface area contributed by atoms with Gasteiger partial charge in [-0.2, -0.15) is 114 Å². The third kappa shape index (κ3) is 21.4. The summed E-state index contributed by atoms with van der Waals surface area (Å²) in [6.07, 6.45) is -30.2. The van der Waals surface area contributed by atoms with E-state index in [2.05, 4.69) is 11.7 Å². The fourth-order valence-corrected chi connectivity index (χ4v) is 15.0. The highest BCUT2D eigenvalue weighted by atomic mass is 19.4. The quantitative estimate of drug-likeness (QED) is 0.119. The molecule has 592 valence electrons. The van der Waals surface area contributed by atoms with Gasteiger partial charge in [-0.05, 0) is 208 Å². The maximum atomic E-state index is 13.2. The predicted molar refractivity (Wildman–Crippen MR) is 311 cm³/mol. The van der Waals surface area contributed by atoms with Gasteiger partial charge in [-0.1, -0.05) is 87.5 Å². The van der Waals surface area contributed by atoms with Gasteiger partial charge in [0.15, 0.2) is 33.6 Å². The van der Waals surface area contributed by atoms with Crippen LogP contribution in [-0.4, -0.2) is 137 Å². The van der Waals surface area contributed by atoms with Gasteiger partial charge in [0.05, 0.1) is 17.4 Å². The van der Waals surface area contributed by atoms with Crippen molar-refractivity contribution in [1.29, 1.82) is 0 Å². The molecule has 0 aromatic heterocycles. The van der Waals surface area contributed by atoms with Crippen molar-refractivity contribution in [3.8, 4) is 0 Å². The predicted octanol–water partition coefficient (Wildman–Crippen LogP) is 19.9. The number of fused-ring (bicyclic) bond motifs is 2. The Kier molecular flexibility index (Phi) is 29.4. The molecule has 7 aliphatic rings. The number of alkyl halides is 26. The molecule has 1 aliphatic heterocycles. The highest BCUT2D eigenvalue weighted by molar-refractivity contribution is 5.06. The number of aliphatic hydroxyl groups is 7. The van der Waals surface area contributed by atoms with Gasteiger partial charge in [0.2, 0.25) is 0 Å². The van der Waals surface area contributed by atoms with Gasteiger partial charge >= 0.3 is 61.1 Å². The van der Waals surface area contributed by atoms with E-state index < -0.39 is 160 Å². The average molecular weight is 1510 g/mol. The van der Waals surface area contributed by atoms with E-state index in [1.165, 1.54) is 6.92 Å². The molecule has 2 bridgehead atoms. The van der Waals surface area contributed by atoms with Crippen LogP contribution in [0.15, 0.2) is 0 Å². The minimum atomic E-state index is -5.51. The zero-order chi connectivity index (χ0) is 78.4. The van der Waals surface area contributed by atoms with E-state index in [9.17, 15) is 145 Å². The summed E-state index contributed by atoms with van der Waals surface area (Å²) in [5.74, 6) is -12.8. The molecule has 6 saturated carbocycles. The second-order valence-corrected chi connectivity index (χ2v) is 31.9. The molecule has 7 fully saturated rings. The molecule has 0 spiro atoms. The average Bonchev–Trinajstić information content (AvgIpc) is 1.57. The molecule has 0 radical (unpaired) electrons. The Labute approximate surface area is 561 Å².